The molecule has 0 unspecified atom stereocenters. The molecule has 0 aromatic carbocycles. The van der Waals surface area contributed by atoms with Crippen molar-refractivity contribution >= 4 is 22.1 Å². The Kier molecular flexibility index (Phi) is 6.46. The molecule has 10 heteroatoms. The molecule has 0 aromatic heterocycles. The van der Waals surface area contributed by atoms with Crippen molar-refractivity contribution in [2.45, 2.75) is 62.7 Å². The quantitative estimate of drug-likeness (QED) is 0.523. The lowest BCUT2D eigenvalue weighted by Gasteiger charge is -2.29. The number of esters is 2. The van der Waals surface area contributed by atoms with E-state index in [2.05, 4.69) is 4.74 Å². The Morgan fingerprint density at radius 1 is 1.26 bits per heavy atom. The number of carbonyl (C=O) groups is 2. The van der Waals surface area contributed by atoms with E-state index >= 15 is 0 Å². The summed E-state index contributed by atoms with van der Waals surface area (Å²) in [6, 6.07) is 0. The first-order chi connectivity index (χ1) is 10.5. The highest BCUT2D eigenvalue weighted by molar-refractivity contribution is 7.87. The predicted octanol–water partition coefficient (Wildman–Crippen LogP) is 2.06. The molecule has 0 aliphatic heterocycles. The molecule has 1 fully saturated rings. The molecule has 1 N–H and O–H groups in total. The molecule has 0 amide bonds. The second kappa shape index (κ2) is 7.52. The summed E-state index contributed by atoms with van der Waals surface area (Å²) in [5.41, 5.74) is -0.676. The zero-order chi connectivity index (χ0) is 17.7. The van der Waals surface area contributed by atoms with Crippen LogP contribution in [0, 0.1) is 0 Å². The van der Waals surface area contributed by atoms with Crippen molar-refractivity contribution in [2.75, 3.05) is 6.61 Å². The van der Waals surface area contributed by atoms with Gasteiger partial charge in [-0.1, -0.05) is 13.3 Å². The monoisotopic (exact) mass is 358 g/mol. The van der Waals surface area contributed by atoms with Gasteiger partial charge in [0.15, 0.2) is 6.61 Å². The van der Waals surface area contributed by atoms with Crippen LogP contribution in [0.3, 0.4) is 0 Å². The zero-order valence-corrected chi connectivity index (χ0v) is 13.5. The van der Waals surface area contributed by atoms with Gasteiger partial charge in [0.05, 0.1) is 0 Å². The molecule has 1 aliphatic carbocycles. The van der Waals surface area contributed by atoms with Gasteiger partial charge in [0.1, 0.15) is 5.60 Å². The Morgan fingerprint density at radius 2 is 1.83 bits per heavy atom. The summed E-state index contributed by atoms with van der Waals surface area (Å²) in [4.78, 5) is 22.7. The van der Waals surface area contributed by atoms with Crippen LogP contribution >= 0.6 is 0 Å². The van der Waals surface area contributed by atoms with E-state index in [1.807, 2.05) is 6.92 Å². The zero-order valence-electron chi connectivity index (χ0n) is 12.7. The van der Waals surface area contributed by atoms with Gasteiger partial charge in [0.25, 0.3) is 0 Å². The van der Waals surface area contributed by atoms with Crippen LogP contribution in [-0.2, 0) is 29.2 Å². The Bertz CT molecular complexity index is 539. The number of ether oxygens (including phenoxy) is 2. The highest BCUT2D eigenvalue weighted by atomic mass is 32.2. The first-order valence-electron chi connectivity index (χ1n) is 7.28. The third-order valence-electron chi connectivity index (χ3n) is 3.71. The largest absolute Gasteiger partial charge is 0.465 e. The van der Waals surface area contributed by atoms with E-state index < -0.39 is 39.5 Å². The molecule has 1 saturated carbocycles. The van der Waals surface area contributed by atoms with E-state index in [0.717, 1.165) is 25.7 Å². The van der Waals surface area contributed by atoms with E-state index in [4.69, 9.17) is 9.29 Å². The average Bonchev–Trinajstić information content (AvgIpc) is 2.90. The lowest BCUT2D eigenvalue weighted by molar-refractivity contribution is -0.177. The maximum atomic E-state index is 13.0. The molecule has 0 spiro atoms. The Morgan fingerprint density at radius 3 is 2.30 bits per heavy atom. The van der Waals surface area contributed by atoms with Crippen LogP contribution in [0.4, 0.5) is 8.78 Å². The summed E-state index contributed by atoms with van der Waals surface area (Å²) in [5.74, 6) is -3.55. The number of carbonyl (C=O) groups excluding carboxylic acids is 2. The lowest BCUT2D eigenvalue weighted by Crippen LogP contribution is -2.40. The fourth-order valence-electron chi connectivity index (χ4n) is 2.51. The molecule has 0 saturated heterocycles. The van der Waals surface area contributed by atoms with Crippen LogP contribution in [0.2, 0.25) is 0 Å². The van der Waals surface area contributed by atoms with Crippen LogP contribution in [0.5, 0.6) is 0 Å². The number of rotatable bonds is 8. The minimum absolute atomic E-state index is 0.629. The summed E-state index contributed by atoms with van der Waals surface area (Å²) in [7, 11) is -5.96. The average molecular weight is 358 g/mol. The van der Waals surface area contributed by atoms with Gasteiger partial charge in [-0.25, -0.2) is 9.59 Å². The first kappa shape index (κ1) is 19.8. The lowest BCUT2D eigenvalue weighted by atomic mass is 9.95. The SMILES string of the molecule is CCCCC1(OC(=O)COC(=O)C(F)(F)S(=O)(=O)O)CCCC1. The van der Waals surface area contributed by atoms with E-state index in [1.165, 1.54) is 0 Å². The van der Waals surface area contributed by atoms with Gasteiger partial charge < -0.3 is 9.47 Å². The van der Waals surface area contributed by atoms with Crippen molar-refractivity contribution in [1.82, 2.24) is 0 Å². The molecule has 1 rings (SSSR count). The minimum atomic E-state index is -5.96. The topological polar surface area (TPSA) is 107 Å². The van der Waals surface area contributed by atoms with Crippen molar-refractivity contribution in [2.24, 2.45) is 0 Å². The van der Waals surface area contributed by atoms with Crippen LogP contribution in [0.1, 0.15) is 51.9 Å². The molecule has 1 aliphatic rings. The van der Waals surface area contributed by atoms with E-state index in [9.17, 15) is 26.8 Å². The van der Waals surface area contributed by atoms with Gasteiger partial charge in [-0.05, 0) is 38.5 Å². The number of alkyl halides is 2. The van der Waals surface area contributed by atoms with Gasteiger partial charge in [0.2, 0.25) is 0 Å². The van der Waals surface area contributed by atoms with Gasteiger partial charge in [-0.15, -0.1) is 0 Å². The van der Waals surface area contributed by atoms with Crippen molar-refractivity contribution in [1.29, 1.82) is 0 Å². The highest BCUT2D eigenvalue weighted by Gasteiger charge is 2.54. The Labute approximate surface area is 133 Å². The summed E-state index contributed by atoms with van der Waals surface area (Å²) in [5, 5.41) is -5.12. The third kappa shape index (κ3) is 5.10. The van der Waals surface area contributed by atoms with Crippen LogP contribution in [0.25, 0.3) is 0 Å². The highest BCUT2D eigenvalue weighted by Crippen LogP contribution is 2.37. The molecule has 0 atom stereocenters. The Hall–Kier alpha value is -1.29. The molecule has 134 valence electrons. The fraction of sp³-hybridized carbons (Fsp3) is 0.846. The van der Waals surface area contributed by atoms with Gasteiger partial charge in [-0.3, -0.25) is 4.55 Å². The van der Waals surface area contributed by atoms with E-state index in [-0.39, 0.29) is 0 Å². The number of hydrogen-bond donors (Lipinski definition) is 1. The molecule has 7 nitrogen and oxygen atoms in total. The van der Waals surface area contributed by atoms with Crippen LogP contribution < -0.4 is 0 Å². The van der Waals surface area contributed by atoms with Crippen molar-refractivity contribution in [3.8, 4) is 0 Å². The molecule has 0 bridgehead atoms. The standard InChI is InChI=1S/C13H20F2O7S/c1-2-3-6-12(7-4-5-8-12)22-10(16)9-21-11(17)13(14,15)23(18,19)20/h2-9H2,1H3,(H,18,19,20). The summed E-state index contributed by atoms with van der Waals surface area (Å²) < 4.78 is 64.1. The maximum absolute atomic E-state index is 13.0. The van der Waals surface area contributed by atoms with Gasteiger partial charge >= 0.3 is 27.3 Å². The third-order valence-corrected chi connectivity index (χ3v) is 4.53. The molecule has 0 heterocycles. The van der Waals surface area contributed by atoms with Crippen molar-refractivity contribution in [3.63, 3.8) is 0 Å². The van der Waals surface area contributed by atoms with Crippen LogP contribution in [0.15, 0.2) is 0 Å². The van der Waals surface area contributed by atoms with Crippen molar-refractivity contribution in [3.05, 3.63) is 0 Å². The summed E-state index contributed by atoms with van der Waals surface area (Å²) in [6.45, 7) is 0.835. The first-order valence-corrected chi connectivity index (χ1v) is 8.72. The fourth-order valence-corrected chi connectivity index (χ4v) is 2.78. The second-order valence-corrected chi connectivity index (χ2v) is 7.00. The van der Waals surface area contributed by atoms with Gasteiger partial charge in [-0.2, -0.15) is 17.2 Å². The van der Waals surface area contributed by atoms with E-state index in [1.54, 1.807) is 0 Å². The number of hydrogen-bond acceptors (Lipinski definition) is 6. The number of unbranched alkanes of at least 4 members (excludes halogenated alkanes) is 1. The predicted molar refractivity (Wildman–Crippen MR) is 74.3 cm³/mol. The van der Waals surface area contributed by atoms with Crippen molar-refractivity contribution < 1.29 is 40.8 Å². The second-order valence-electron chi connectivity index (χ2n) is 5.54. The molecule has 0 aromatic rings. The molecule has 0 radical (unpaired) electrons. The summed E-state index contributed by atoms with van der Waals surface area (Å²) >= 11 is 0. The smallest absolute Gasteiger partial charge is 0.457 e. The summed E-state index contributed by atoms with van der Waals surface area (Å²) in [6.07, 6.45) is 5.39. The molecule has 23 heavy (non-hydrogen) atoms. The van der Waals surface area contributed by atoms with Crippen LogP contribution in [-0.4, -0.2) is 42.4 Å². The Balaban J connectivity index is 2.58. The van der Waals surface area contributed by atoms with Gasteiger partial charge in [0, 0.05) is 0 Å². The normalized spacial score (nSPS) is 17.7. The maximum Gasteiger partial charge on any atom is 0.465 e. The number of halogens is 2. The molecular formula is C13H20F2O7S. The minimum Gasteiger partial charge on any atom is -0.457 e. The van der Waals surface area contributed by atoms with E-state index in [0.29, 0.717) is 19.3 Å². The molecular weight excluding hydrogens is 338 g/mol.